The average Bonchev–Trinajstić information content (AvgIpc) is 3.76. The predicted octanol–water partition coefficient (Wildman–Crippen LogP) is 6.00. The largest absolute Gasteiger partial charge is 0.492 e. The fourth-order valence-electron chi connectivity index (χ4n) is 9.29. The molecule has 4 aliphatic rings. The van der Waals surface area contributed by atoms with Crippen molar-refractivity contribution in [3.05, 3.63) is 70.6 Å². The summed E-state index contributed by atoms with van der Waals surface area (Å²) < 4.78 is 21.2. The molecule has 20 heteroatoms. The van der Waals surface area contributed by atoms with Gasteiger partial charge in [0.25, 0.3) is 5.91 Å². The van der Waals surface area contributed by atoms with Crippen molar-refractivity contribution in [1.82, 2.24) is 40.3 Å². The molecular formula is C51H69ClFN11O5S2. The Kier molecular flexibility index (Phi) is 16.8. The molecule has 4 fully saturated rings. The molecule has 1 aliphatic carbocycles. The number of carbonyl (C=O) groups is 3. The van der Waals surface area contributed by atoms with Crippen molar-refractivity contribution >= 4 is 63.9 Å². The number of nitrogens with two attached hydrogens (primary N) is 1. The quantitative estimate of drug-likeness (QED) is 0.0735. The smallest absolute Gasteiger partial charge is 0.258 e. The van der Waals surface area contributed by atoms with Crippen LogP contribution in [0.25, 0.3) is 10.4 Å². The second-order valence-electron chi connectivity index (χ2n) is 20.8. The number of thiazole rings is 1. The number of nitrogens with one attached hydrogen (secondary N) is 3. The number of amides is 3. The molecule has 0 bridgehead atoms. The fourth-order valence-corrected chi connectivity index (χ4v) is 11.2. The maximum absolute atomic E-state index is 14.7. The molecule has 4 aromatic rings. The lowest BCUT2D eigenvalue weighted by Crippen LogP contribution is -2.59. The minimum atomic E-state index is -1.97. The Morgan fingerprint density at radius 2 is 1.75 bits per heavy atom. The SMILES string of the molecule is Cc1ncsc1-c1ccc(CNC(=O)[C@@H]2C[C@@H](O)CN2C(=O)[C@@H](NC(=O)C2(F)CC2)C(C)(C)C)c(OCCN2CCN(CCNc3cccc(Sc4cnc(N5CCC(C)(CN)CC5)cn4)c3Cl)CC2)c1. The van der Waals surface area contributed by atoms with Gasteiger partial charge < -0.3 is 41.3 Å². The molecule has 5 heterocycles. The Labute approximate surface area is 430 Å². The Morgan fingerprint density at radius 1 is 1.01 bits per heavy atom. The van der Waals surface area contributed by atoms with Crippen LogP contribution in [0.5, 0.6) is 5.75 Å². The van der Waals surface area contributed by atoms with E-state index in [-0.39, 0.29) is 37.8 Å². The first-order valence-electron chi connectivity index (χ1n) is 24.8. The molecule has 3 atom stereocenters. The summed E-state index contributed by atoms with van der Waals surface area (Å²) in [4.78, 5) is 64.8. The lowest BCUT2D eigenvalue weighted by Gasteiger charge is -2.39. The van der Waals surface area contributed by atoms with Crippen molar-refractivity contribution in [3.63, 3.8) is 0 Å². The Morgan fingerprint density at radius 3 is 2.39 bits per heavy atom. The number of aromatic nitrogens is 3. The summed E-state index contributed by atoms with van der Waals surface area (Å²) >= 11 is 9.97. The molecule has 16 nitrogen and oxygen atoms in total. The van der Waals surface area contributed by atoms with Crippen molar-refractivity contribution in [3.8, 4) is 16.2 Å². The third-order valence-corrected chi connectivity index (χ3v) is 16.8. The highest BCUT2D eigenvalue weighted by Gasteiger charge is 2.53. The fraction of sp³-hybridized carbons (Fsp3) is 0.569. The van der Waals surface area contributed by atoms with Crippen LogP contribution in [-0.2, 0) is 20.9 Å². The summed E-state index contributed by atoms with van der Waals surface area (Å²) in [5.41, 5.74) is 8.78. The summed E-state index contributed by atoms with van der Waals surface area (Å²) in [5, 5.41) is 21.3. The van der Waals surface area contributed by atoms with Crippen molar-refractivity contribution in [1.29, 1.82) is 0 Å². The molecule has 2 aromatic heterocycles. The number of piperidine rings is 1. The van der Waals surface area contributed by atoms with Gasteiger partial charge in [0.1, 0.15) is 35.3 Å². The highest BCUT2D eigenvalue weighted by atomic mass is 35.5. The van der Waals surface area contributed by atoms with Crippen LogP contribution in [0.15, 0.2) is 64.2 Å². The van der Waals surface area contributed by atoms with Gasteiger partial charge in [-0.2, -0.15) is 0 Å². The number of aryl methyl sites for hydroxylation is 1. The zero-order chi connectivity index (χ0) is 50.5. The number of likely N-dealkylation sites (tertiary alicyclic amines) is 1. The molecule has 3 amide bonds. The van der Waals surface area contributed by atoms with Crippen LogP contribution in [0.4, 0.5) is 15.9 Å². The normalized spacial score (nSPS) is 20.6. The molecule has 1 saturated carbocycles. The number of carbonyl (C=O) groups excluding carboxylic acids is 3. The molecule has 3 saturated heterocycles. The van der Waals surface area contributed by atoms with Gasteiger partial charge in [0.05, 0.1) is 45.3 Å². The molecule has 71 heavy (non-hydrogen) atoms. The van der Waals surface area contributed by atoms with Gasteiger partial charge in [-0.15, -0.1) is 11.3 Å². The predicted molar refractivity (Wildman–Crippen MR) is 278 cm³/mol. The number of alkyl halides is 1. The highest BCUT2D eigenvalue weighted by molar-refractivity contribution is 7.99. The summed E-state index contributed by atoms with van der Waals surface area (Å²) in [6.45, 7) is 18.5. The Balaban J connectivity index is 0.807. The Bertz CT molecular complexity index is 2490. The first-order chi connectivity index (χ1) is 33.9. The van der Waals surface area contributed by atoms with Gasteiger partial charge in [0, 0.05) is 88.9 Å². The zero-order valence-corrected chi connectivity index (χ0v) is 43.9. The van der Waals surface area contributed by atoms with Crippen molar-refractivity contribution < 1.29 is 28.6 Å². The van der Waals surface area contributed by atoms with Crippen molar-refractivity contribution in [2.24, 2.45) is 16.6 Å². The van der Waals surface area contributed by atoms with Gasteiger partial charge in [-0.1, -0.05) is 69.3 Å². The second-order valence-corrected chi connectivity index (χ2v) is 23.1. The van der Waals surface area contributed by atoms with Gasteiger partial charge in [0.15, 0.2) is 5.67 Å². The average molecular weight is 1030 g/mol. The number of ether oxygens (including phenoxy) is 1. The standard InChI is InChI=1S/C51H69ClFN11O5S2/c1-33-44(70-32-59-33)34-9-10-35(27-58-46(66)38-26-36(65)30-64(38)47(67)45(49(2,3)4)60-48(68)51(53)11-12-51)39(25-34)69-24-23-62-21-19-61(20-22-62)18-15-55-37-7-6-8-40(43(37)52)71-42-29-56-41(28-57-42)63-16-13-50(5,31-54)14-17-63/h6-10,25,28-29,32,36,38,45,55,65H,11-24,26-27,30-31,54H2,1-5H3,(H,58,66)(H,60,68)/t36-,38+,45-/m1/s1. The van der Waals surface area contributed by atoms with Crippen LogP contribution in [0.2, 0.25) is 5.02 Å². The van der Waals surface area contributed by atoms with E-state index < -0.39 is 47.0 Å². The van der Waals surface area contributed by atoms with Gasteiger partial charge in [0.2, 0.25) is 11.8 Å². The van der Waals surface area contributed by atoms with E-state index in [9.17, 15) is 23.9 Å². The van der Waals surface area contributed by atoms with E-state index in [0.717, 1.165) is 108 Å². The van der Waals surface area contributed by atoms with Gasteiger partial charge in [-0.3, -0.25) is 24.2 Å². The van der Waals surface area contributed by atoms with E-state index in [0.29, 0.717) is 30.5 Å². The minimum absolute atomic E-state index is 0.0378. The maximum Gasteiger partial charge on any atom is 0.258 e. The number of anilines is 2. The summed E-state index contributed by atoms with van der Waals surface area (Å²) in [6.07, 6.45) is 5.09. The van der Waals surface area contributed by atoms with Crippen LogP contribution >= 0.6 is 34.7 Å². The third kappa shape index (κ3) is 13.1. The topological polar surface area (TPSA) is 194 Å². The lowest BCUT2D eigenvalue weighted by atomic mass is 9.80. The number of aliphatic hydroxyl groups excluding tert-OH is 1. The van der Waals surface area contributed by atoms with Crippen LogP contribution in [0.3, 0.4) is 0 Å². The van der Waals surface area contributed by atoms with Gasteiger partial charge in [-0.25, -0.2) is 19.3 Å². The molecular weight excluding hydrogens is 965 g/mol. The van der Waals surface area contributed by atoms with E-state index >= 15 is 0 Å². The number of rotatable bonds is 19. The van der Waals surface area contributed by atoms with E-state index in [1.54, 1.807) is 32.1 Å². The van der Waals surface area contributed by atoms with E-state index in [4.69, 9.17) is 32.0 Å². The van der Waals surface area contributed by atoms with Crippen LogP contribution in [0.1, 0.15) is 71.1 Å². The minimum Gasteiger partial charge on any atom is -0.492 e. The number of aliphatic hydroxyl groups is 1. The molecule has 384 valence electrons. The van der Waals surface area contributed by atoms with Gasteiger partial charge >= 0.3 is 0 Å². The number of nitrogens with zero attached hydrogens (tertiary/aromatic N) is 7. The van der Waals surface area contributed by atoms with Crippen molar-refractivity contribution in [2.75, 3.05) is 88.8 Å². The first kappa shape index (κ1) is 52.7. The number of hydrogen-bond donors (Lipinski definition) is 5. The molecule has 0 spiro atoms. The van der Waals surface area contributed by atoms with Crippen LogP contribution in [0, 0.1) is 17.8 Å². The molecule has 6 N–H and O–H groups in total. The number of β-amino-alcohol motifs (C(OH)–C–C–N with tert-alkyl or cyclic N) is 1. The lowest BCUT2D eigenvalue weighted by molar-refractivity contribution is -0.145. The number of hydrogen-bond acceptors (Lipinski definition) is 15. The number of piperazine rings is 1. The van der Waals surface area contributed by atoms with E-state index in [1.165, 1.54) is 16.7 Å². The van der Waals surface area contributed by atoms with E-state index in [1.807, 2.05) is 61.2 Å². The molecule has 0 radical (unpaired) electrons. The van der Waals surface area contributed by atoms with Gasteiger partial charge in [-0.05, 0) is 73.7 Å². The highest BCUT2D eigenvalue weighted by Crippen LogP contribution is 2.41. The third-order valence-electron chi connectivity index (χ3n) is 14.3. The second kappa shape index (κ2) is 22.6. The number of benzene rings is 2. The van der Waals surface area contributed by atoms with Crippen LogP contribution < -0.4 is 31.3 Å². The maximum atomic E-state index is 14.7. The van der Waals surface area contributed by atoms with Crippen LogP contribution in [-0.4, -0.2) is 155 Å². The number of halogens is 2. The molecule has 0 unspecified atom stereocenters. The molecule has 8 rings (SSSR count). The first-order valence-corrected chi connectivity index (χ1v) is 26.8. The zero-order valence-electron chi connectivity index (χ0n) is 41.5. The molecule has 2 aromatic carbocycles. The Hall–Kier alpha value is -4.63. The summed E-state index contributed by atoms with van der Waals surface area (Å²) in [5.74, 6) is -0.267. The molecule has 3 aliphatic heterocycles. The summed E-state index contributed by atoms with van der Waals surface area (Å²) in [7, 11) is 0. The monoisotopic (exact) mass is 1030 g/mol. The van der Waals surface area contributed by atoms with Crippen molar-refractivity contribution in [2.45, 2.75) is 107 Å². The summed E-state index contributed by atoms with van der Waals surface area (Å²) in [6, 6.07) is 9.85. The van der Waals surface area contributed by atoms with E-state index in [2.05, 4.69) is 42.6 Å².